The summed E-state index contributed by atoms with van der Waals surface area (Å²) in [6.07, 6.45) is -9.81. The zero-order chi connectivity index (χ0) is 33.1. The number of hydrogen-bond donors (Lipinski definition) is 0. The third-order valence-electron chi connectivity index (χ3n) is 9.38. The lowest BCUT2D eigenvalue weighted by molar-refractivity contribution is -0.188. The first kappa shape index (κ1) is 33.0. The van der Waals surface area contributed by atoms with Crippen LogP contribution in [0.4, 0.5) is 26.3 Å². The fourth-order valence-electron chi connectivity index (χ4n) is 7.52. The van der Waals surface area contributed by atoms with E-state index in [-0.39, 0.29) is 0 Å². The van der Waals surface area contributed by atoms with Crippen molar-refractivity contribution in [2.24, 2.45) is 0 Å². The molecule has 3 aromatic carbocycles. The Kier molecular flexibility index (Phi) is 7.16. The van der Waals surface area contributed by atoms with Crippen LogP contribution in [0, 0.1) is 0 Å². The topological polar surface area (TPSA) is 18.5 Å². The van der Waals surface area contributed by atoms with Gasteiger partial charge < -0.3 is 8.85 Å². The van der Waals surface area contributed by atoms with Gasteiger partial charge in [-0.25, -0.2) is 0 Å². The predicted molar refractivity (Wildman–Crippen MR) is 166 cm³/mol. The molecule has 44 heavy (non-hydrogen) atoms. The molecule has 10 heteroatoms. The van der Waals surface area contributed by atoms with Gasteiger partial charge in [0.05, 0.1) is 0 Å². The Balaban J connectivity index is 2.03. The molecule has 4 unspecified atom stereocenters. The standard InChI is InChI=1S/C34H40F6O2Si2/c1-29(33(35,36)37)21-15-11-12-16-22(21)30(2,34(38,39)40)26-20-28-27(19-25(26)29)31(3,41-43(5,6)7)23-17-13-14-18-24(23)32(28,4)42-44(8,9)10/h11-20H,1-10H3. The van der Waals surface area contributed by atoms with Crippen molar-refractivity contribution in [2.45, 2.75) is 101 Å². The normalized spacial score (nSPS) is 28.5. The van der Waals surface area contributed by atoms with Gasteiger partial charge in [0.2, 0.25) is 0 Å². The third-order valence-corrected chi connectivity index (χ3v) is 11.4. The number of fused-ring (bicyclic) bond motifs is 4. The van der Waals surface area contributed by atoms with Crippen LogP contribution in [-0.4, -0.2) is 29.0 Å². The third kappa shape index (κ3) is 4.57. The fourth-order valence-corrected chi connectivity index (χ4v) is 10.4. The van der Waals surface area contributed by atoms with Crippen molar-refractivity contribution in [3.63, 3.8) is 0 Å². The van der Waals surface area contributed by atoms with E-state index in [2.05, 4.69) is 0 Å². The van der Waals surface area contributed by atoms with Crippen molar-refractivity contribution < 1.29 is 35.2 Å². The van der Waals surface area contributed by atoms with Gasteiger partial charge in [0.25, 0.3) is 0 Å². The van der Waals surface area contributed by atoms with Gasteiger partial charge in [0.15, 0.2) is 16.6 Å². The van der Waals surface area contributed by atoms with E-state index < -0.39 is 73.3 Å². The minimum Gasteiger partial charge on any atom is -0.404 e. The van der Waals surface area contributed by atoms with Gasteiger partial charge in [-0.15, -0.1) is 0 Å². The molecule has 0 amide bonds. The second-order valence-electron chi connectivity index (χ2n) is 14.8. The largest absolute Gasteiger partial charge is 0.404 e. The van der Waals surface area contributed by atoms with Crippen molar-refractivity contribution >= 4 is 16.6 Å². The van der Waals surface area contributed by atoms with Crippen LogP contribution in [0.3, 0.4) is 0 Å². The first-order valence-corrected chi connectivity index (χ1v) is 21.6. The number of benzene rings is 3. The van der Waals surface area contributed by atoms with E-state index in [1.807, 2.05) is 77.4 Å². The Labute approximate surface area is 258 Å². The minimum atomic E-state index is -4.90. The Morgan fingerprint density at radius 2 is 0.727 bits per heavy atom. The Bertz CT molecular complexity index is 1520. The molecule has 0 radical (unpaired) electrons. The van der Waals surface area contributed by atoms with Crippen LogP contribution in [0.5, 0.6) is 0 Å². The minimum absolute atomic E-state index is 0.398. The van der Waals surface area contributed by atoms with Crippen LogP contribution in [0.1, 0.15) is 72.2 Å². The van der Waals surface area contributed by atoms with E-state index in [0.717, 1.165) is 25.0 Å². The lowest BCUT2D eigenvalue weighted by Crippen LogP contribution is -2.54. The highest BCUT2D eigenvalue weighted by Crippen LogP contribution is 2.63. The van der Waals surface area contributed by atoms with Crippen LogP contribution in [-0.2, 0) is 30.9 Å². The molecule has 0 aliphatic heterocycles. The van der Waals surface area contributed by atoms with Gasteiger partial charge in [-0.1, -0.05) is 60.7 Å². The lowest BCUT2D eigenvalue weighted by Gasteiger charge is -2.53. The number of alkyl halides is 6. The molecule has 2 nitrogen and oxygen atoms in total. The van der Waals surface area contributed by atoms with Crippen molar-refractivity contribution in [1.29, 1.82) is 0 Å². The average Bonchev–Trinajstić information content (AvgIpc) is 2.87. The van der Waals surface area contributed by atoms with Crippen LogP contribution in [0.25, 0.3) is 0 Å². The molecule has 0 saturated carbocycles. The second-order valence-corrected chi connectivity index (χ2v) is 23.6. The molecule has 3 aromatic rings. The summed E-state index contributed by atoms with van der Waals surface area (Å²) in [5.41, 5.74) is -7.28. The van der Waals surface area contributed by atoms with Crippen molar-refractivity contribution in [2.75, 3.05) is 0 Å². The Morgan fingerprint density at radius 3 is 0.977 bits per heavy atom. The molecule has 0 bridgehead atoms. The molecule has 2 aliphatic carbocycles. The summed E-state index contributed by atoms with van der Waals surface area (Å²) in [6, 6.07) is 15.3. The zero-order valence-electron chi connectivity index (χ0n) is 26.9. The highest BCUT2D eigenvalue weighted by Gasteiger charge is 2.66. The van der Waals surface area contributed by atoms with Gasteiger partial charge in [-0.05, 0) is 111 Å². The maximum Gasteiger partial charge on any atom is 0.402 e. The van der Waals surface area contributed by atoms with Gasteiger partial charge in [0, 0.05) is 0 Å². The summed E-state index contributed by atoms with van der Waals surface area (Å²) in [7, 11) is -4.81. The summed E-state index contributed by atoms with van der Waals surface area (Å²) < 4.78 is 106. The molecule has 0 aromatic heterocycles. The fraction of sp³-hybridized carbons (Fsp3) is 0.471. The molecule has 0 saturated heterocycles. The maximum atomic E-state index is 15.4. The van der Waals surface area contributed by atoms with Crippen LogP contribution in [0.2, 0.25) is 39.3 Å². The van der Waals surface area contributed by atoms with Gasteiger partial charge in [0.1, 0.15) is 22.0 Å². The maximum absolute atomic E-state index is 15.4. The van der Waals surface area contributed by atoms with E-state index in [0.29, 0.717) is 11.1 Å². The summed E-state index contributed by atoms with van der Waals surface area (Å²) in [4.78, 5) is 0. The number of halogens is 6. The Morgan fingerprint density at radius 1 is 0.455 bits per heavy atom. The molecule has 4 atom stereocenters. The zero-order valence-corrected chi connectivity index (χ0v) is 28.9. The van der Waals surface area contributed by atoms with E-state index in [9.17, 15) is 0 Å². The monoisotopic (exact) mass is 650 g/mol. The molecule has 0 spiro atoms. The summed E-state index contributed by atoms with van der Waals surface area (Å²) >= 11 is 0. The summed E-state index contributed by atoms with van der Waals surface area (Å²) in [5.74, 6) is 0. The van der Waals surface area contributed by atoms with Crippen molar-refractivity contribution in [3.05, 3.63) is 105 Å². The van der Waals surface area contributed by atoms with Crippen LogP contribution in [0.15, 0.2) is 60.7 Å². The molecule has 238 valence electrons. The Hall–Kier alpha value is -2.41. The van der Waals surface area contributed by atoms with Crippen LogP contribution < -0.4 is 0 Å². The van der Waals surface area contributed by atoms with Gasteiger partial charge >= 0.3 is 12.4 Å². The van der Waals surface area contributed by atoms with Crippen LogP contribution >= 0.6 is 0 Å². The average molecular weight is 651 g/mol. The summed E-state index contributed by atoms with van der Waals surface area (Å²) in [5, 5.41) is 0. The van der Waals surface area contributed by atoms with E-state index in [4.69, 9.17) is 8.85 Å². The molecule has 5 rings (SSSR count). The van der Waals surface area contributed by atoms with Gasteiger partial charge in [-0.2, -0.15) is 26.3 Å². The number of rotatable bonds is 4. The SMILES string of the molecule is CC1(O[Si](C)(C)C)c2ccccc2C(C)(O[Si](C)(C)C)c2cc3c(cc21)C(C)(C(F)(F)F)c1ccccc1C3(C)C(F)(F)F. The second kappa shape index (κ2) is 9.56. The molecule has 0 heterocycles. The molecule has 0 fully saturated rings. The first-order valence-electron chi connectivity index (χ1n) is 14.8. The van der Waals surface area contributed by atoms with Crippen molar-refractivity contribution in [3.8, 4) is 0 Å². The smallest absolute Gasteiger partial charge is 0.402 e. The van der Waals surface area contributed by atoms with E-state index in [1.165, 1.54) is 36.4 Å². The highest BCUT2D eigenvalue weighted by atomic mass is 28.4. The quantitative estimate of drug-likeness (QED) is 0.207. The van der Waals surface area contributed by atoms with E-state index >= 15 is 26.3 Å². The highest BCUT2D eigenvalue weighted by molar-refractivity contribution is 6.70. The molecular weight excluding hydrogens is 611 g/mol. The first-order chi connectivity index (χ1) is 19.8. The van der Waals surface area contributed by atoms with Gasteiger partial charge in [-0.3, -0.25) is 0 Å². The summed E-state index contributed by atoms with van der Waals surface area (Å²) in [6.45, 7) is 17.6. The molecule has 0 N–H and O–H groups in total. The number of hydrogen-bond acceptors (Lipinski definition) is 2. The van der Waals surface area contributed by atoms with Crippen molar-refractivity contribution in [1.82, 2.24) is 0 Å². The lowest BCUT2D eigenvalue weighted by atomic mass is 9.56. The van der Waals surface area contributed by atoms with E-state index in [1.54, 1.807) is 0 Å². The molecular formula is C34H40F6O2Si2. The predicted octanol–water partition coefficient (Wildman–Crippen LogP) is 10.3. The molecule has 2 aliphatic rings.